The van der Waals surface area contributed by atoms with Crippen LogP contribution in [0.25, 0.3) is 0 Å². The molecular weight excluding hydrogens is 397 g/mol. The van der Waals surface area contributed by atoms with Crippen LogP contribution in [0.4, 0.5) is 4.39 Å². The highest BCUT2D eigenvalue weighted by molar-refractivity contribution is 5.95. The Morgan fingerprint density at radius 1 is 0.968 bits per heavy atom. The second-order valence-corrected chi connectivity index (χ2v) is 7.13. The summed E-state index contributed by atoms with van der Waals surface area (Å²) in [5, 5.41) is 0. The van der Waals surface area contributed by atoms with Crippen molar-refractivity contribution in [1.82, 2.24) is 4.90 Å². The van der Waals surface area contributed by atoms with E-state index in [9.17, 15) is 9.18 Å². The Hall–Kier alpha value is -3.54. The first-order chi connectivity index (χ1) is 14.9. The fraction of sp³-hybridized carbons (Fsp3) is 0.240. The van der Waals surface area contributed by atoms with E-state index in [0.717, 1.165) is 11.1 Å². The number of halogens is 1. The molecule has 0 fully saturated rings. The average Bonchev–Trinajstić information content (AvgIpc) is 2.81. The van der Waals surface area contributed by atoms with Gasteiger partial charge in [-0.1, -0.05) is 42.5 Å². The number of hydrogen-bond acceptors (Lipinski definition) is 4. The number of rotatable bonds is 8. The maximum Gasteiger partial charge on any atom is 0.254 e. The normalized spacial score (nSPS) is 11.5. The van der Waals surface area contributed by atoms with Crippen LogP contribution in [0, 0.1) is 5.82 Å². The molecule has 162 valence electrons. The summed E-state index contributed by atoms with van der Waals surface area (Å²) in [6, 6.07) is 18.9. The fourth-order valence-corrected chi connectivity index (χ4v) is 3.22. The molecular formula is C25H26FNO4. The third-order valence-electron chi connectivity index (χ3n) is 5.19. The average molecular weight is 423 g/mol. The van der Waals surface area contributed by atoms with Crippen molar-refractivity contribution in [3.8, 4) is 17.2 Å². The molecule has 0 radical (unpaired) electrons. The molecule has 0 saturated carbocycles. The number of nitrogens with zero attached hydrogens (tertiary/aromatic N) is 1. The molecule has 0 bridgehead atoms. The molecule has 0 aromatic heterocycles. The summed E-state index contributed by atoms with van der Waals surface area (Å²) < 4.78 is 30.2. The zero-order chi connectivity index (χ0) is 22.4. The van der Waals surface area contributed by atoms with Crippen molar-refractivity contribution in [3.63, 3.8) is 0 Å². The number of methoxy groups -OCH3 is 2. The van der Waals surface area contributed by atoms with Crippen LogP contribution in [0.1, 0.15) is 34.5 Å². The van der Waals surface area contributed by atoms with Gasteiger partial charge in [0, 0.05) is 12.6 Å². The van der Waals surface area contributed by atoms with Gasteiger partial charge in [0.15, 0.2) is 11.5 Å². The lowest BCUT2D eigenvalue weighted by Crippen LogP contribution is -2.29. The van der Waals surface area contributed by atoms with E-state index in [0.29, 0.717) is 29.4 Å². The molecule has 3 rings (SSSR count). The Kier molecular flexibility index (Phi) is 7.13. The highest BCUT2D eigenvalue weighted by atomic mass is 19.1. The summed E-state index contributed by atoms with van der Waals surface area (Å²) in [6.45, 7) is 2.22. The number of amides is 1. The van der Waals surface area contributed by atoms with Gasteiger partial charge in [-0.2, -0.15) is 0 Å². The maximum atomic E-state index is 13.2. The summed E-state index contributed by atoms with van der Waals surface area (Å²) >= 11 is 0. The molecule has 1 atom stereocenters. The van der Waals surface area contributed by atoms with Crippen molar-refractivity contribution < 1.29 is 23.4 Å². The molecule has 0 spiro atoms. The molecule has 0 saturated heterocycles. The summed E-state index contributed by atoms with van der Waals surface area (Å²) in [6.07, 6.45) is 0. The molecule has 0 aliphatic heterocycles. The molecule has 31 heavy (non-hydrogen) atoms. The summed E-state index contributed by atoms with van der Waals surface area (Å²) in [4.78, 5) is 14.7. The lowest BCUT2D eigenvalue weighted by molar-refractivity contribution is 0.0741. The highest BCUT2D eigenvalue weighted by Gasteiger charge is 2.23. The van der Waals surface area contributed by atoms with Gasteiger partial charge in [0.1, 0.15) is 12.4 Å². The predicted octanol–water partition coefficient (Wildman–Crippen LogP) is 5.26. The topological polar surface area (TPSA) is 48.0 Å². The third-order valence-corrected chi connectivity index (χ3v) is 5.19. The Bertz CT molecular complexity index is 996. The number of carbonyl (C=O) groups excluding carboxylic acids is 1. The van der Waals surface area contributed by atoms with Crippen LogP contribution in [-0.2, 0) is 6.61 Å². The van der Waals surface area contributed by atoms with Gasteiger partial charge in [-0.3, -0.25) is 4.79 Å². The van der Waals surface area contributed by atoms with Crippen LogP contribution in [0.3, 0.4) is 0 Å². The number of ether oxygens (including phenoxy) is 3. The van der Waals surface area contributed by atoms with Crippen LogP contribution in [0.5, 0.6) is 17.2 Å². The van der Waals surface area contributed by atoms with Crippen LogP contribution in [0.15, 0.2) is 66.7 Å². The second-order valence-electron chi connectivity index (χ2n) is 7.13. The van der Waals surface area contributed by atoms with Gasteiger partial charge in [0.2, 0.25) is 5.75 Å². The summed E-state index contributed by atoms with van der Waals surface area (Å²) in [7, 11) is 4.74. The first-order valence-corrected chi connectivity index (χ1v) is 9.90. The number of benzene rings is 3. The van der Waals surface area contributed by atoms with Crippen LogP contribution < -0.4 is 14.2 Å². The molecule has 5 nitrogen and oxygen atoms in total. The zero-order valence-corrected chi connectivity index (χ0v) is 18.1. The van der Waals surface area contributed by atoms with Crippen molar-refractivity contribution in [2.75, 3.05) is 21.3 Å². The van der Waals surface area contributed by atoms with Crippen molar-refractivity contribution in [2.45, 2.75) is 19.6 Å². The first-order valence-electron chi connectivity index (χ1n) is 9.90. The molecule has 3 aromatic rings. The van der Waals surface area contributed by atoms with Gasteiger partial charge in [0.05, 0.1) is 20.3 Å². The Morgan fingerprint density at radius 2 is 1.55 bits per heavy atom. The van der Waals surface area contributed by atoms with E-state index in [1.165, 1.54) is 26.4 Å². The maximum absolute atomic E-state index is 13.2. The van der Waals surface area contributed by atoms with Crippen molar-refractivity contribution in [3.05, 3.63) is 89.2 Å². The third kappa shape index (κ3) is 5.15. The van der Waals surface area contributed by atoms with Crippen LogP contribution in [-0.4, -0.2) is 32.1 Å². The fourth-order valence-electron chi connectivity index (χ4n) is 3.22. The summed E-state index contributed by atoms with van der Waals surface area (Å²) in [5.74, 6) is 0.705. The molecule has 0 aliphatic carbocycles. The molecule has 3 aromatic carbocycles. The van der Waals surface area contributed by atoms with E-state index in [1.54, 1.807) is 36.2 Å². The van der Waals surface area contributed by atoms with E-state index in [2.05, 4.69) is 0 Å². The molecule has 0 heterocycles. The minimum atomic E-state index is -0.314. The Morgan fingerprint density at radius 3 is 2.10 bits per heavy atom. The van der Waals surface area contributed by atoms with E-state index < -0.39 is 0 Å². The lowest BCUT2D eigenvalue weighted by Gasteiger charge is -2.26. The van der Waals surface area contributed by atoms with E-state index in [4.69, 9.17) is 14.2 Å². The number of carbonyl (C=O) groups is 1. The molecule has 0 aliphatic rings. The van der Waals surface area contributed by atoms with Crippen LogP contribution >= 0.6 is 0 Å². The first kappa shape index (κ1) is 22.2. The van der Waals surface area contributed by atoms with Gasteiger partial charge in [-0.15, -0.1) is 0 Å². The second kappa shape index (κ2) is 9.98. The lowest BCUT2D eigenvalue weighted by atomic mass is 10.1. The van der Waals surface area contributed by atoms with Gasteiger partial charge in [-0.25, -0.2) is 4.39 Å². The molecule has 1 amide bonds. The van der Waals surface area contributed by atoms with Crippen molar-refractivity contribution >= 4 is 5.91 Å². The number of hydrogen-bond donors (Lipinski definition) is 0. The Balaban J connectivity index is 1.85. The van der Waals surface area contributed by atoms with E-state index >= 15 is 0 Å². The van der Waals surface area contributed by atoms with E-state index in [-0.39, 0.29) is 17.8 Å². The minimum Gasteiger partial charge on any atom is -0.493 e. The van der Waals surface area contributed by atoms with Crippen molar-refractivity contribution in [2.24, 2.45) is 0 Å². The van der Waals surface area contributed by atoms with Gasteiger partial charge in [-0.05, 0) is 42.3 Å². The van der Waals surface area contributed by atoms with Gasteiger partial charge >= 0.3 is 0 Å². The summed E-state index contributed by atoms with van der Waals surface area (Å²) in [5.41, 5.74) is 2.23. The van der Waals surface area contributed by atoms with Crippen LogP contribution in [0.2, 0.25) is 0 Å². The molecule has 1 unspecified atom stereocenters. The minimum absolute atomic E-state index is 0.219. The zero-order valence-electron chi connectivity index (χ0n) is 18.1. The largest absolute Gasteiger partial charge is 0.493 e. The van der Waals surface area contributed by atoms with E-state index in [1.807, 2.05) is 37.3 Å². The Labute approximate surface area is 182 Å². The standard InChI is InChI=1S/C25H26FNO4/c1-17(19-10-12-21(26)13-11-19)27(2)25(28)20-14-22(29-3)24(23(15-20)30-4)31-16-18-8-6-5-7-9-18/h5-15,17H,16H2,1-4H3. The van der Waals surface area contributed by atoms with Crippen molar-refractivity contribution in [1.29, 1.82) is 0 Å². The molecule has 6 heteroatoms. The smallest absolute Gasteiger partial charge is 0.254 e. The highest BCUT2D eigenvalue weighted by Crippen LogP contribution is 2.39. The van der Waals surface area contributed by atoms with Gasteiger partial charge < -0.3 is 19.1 Å². The quantitative estimate of drug-likeness (QED) is 0.496. The monoisotopic (exact) mass is 423 g/mol. The van der Waals surface area contributed by atoms with Gasteiger partial charge in [0.25, 0.3) is 5.91 Å². The SMILES string of the molecule is COc1cc(C(=O)N(C)C(C)c2ccc(F)cc2)cc(OC)c1OCc1ccccc1. The predicted molar refractivity (Wildman–Crippen MR) is 117 cm³/mol. The molecule has 0 N–H and O–H groups in total.